The highest BCUT2D eigenvalue weighted by Gasteiger charge is 2.37. The SMILES string of the molecule is CC(C)OC(=O)c1ccc(C(O)(c2ccc3c(c2)c(-c2cccc(Cl)c2)cc(=O)n3C)c2cncn2C)cc1. The third kappa shape index (κ3) is 4.75. The van der Waals surface area contributed by atoms with E-state index in [1.165, 1.54) is 0 Å². The van der Waals surface area contributed by atoms with Crippen LogP contribution in [0.2, 0.25) is 5.02 Å². The van der Waals surface area contributed by atoms with E-state index >= 15 is 0 Å². The van der Waals surface area contributed by atoms with Crippen molar-refractivity contribution in [2.45, 2.75) is 25.6 Å². The van der Waals surface area contributed by atoms with Crippen LogP contribution in [0.3, 0.4) is 0 Å². The lowest BCUT2D eigenvalue weighted by Gasteiger charge is -2.30. The van der Waals surface area contributed by atoms with E-state index in [0.717, 1.165) is 10.9 Å². The highest BCUT2D eigenvalue weighted by atomic mass is 35.5. The zero-order chi connectivity index (χ0) is 27.9. The molecule has 0 radical (unpaired) electrons. The second kappa shape index (κ2) is 10.2. The van der Waals surface area contributed by atoms with E-state index < -0.39 is 11.6 Å². The molecular weight excluding hydrogens is 514 g/mol. The van der Waals surface area contributed by atoms with Gasteiger partial charge in [0.05, 0.1) is 35.4 Å². The lowest BCUT2D eigenvalue weighted by Crippen LogP contribution is -2.31. The maximum absolute atomic E-state index is 12.8. The van der Waals surface area contributed by atoms with E-state index in [0.29, 0.717) is 38.5 Å². The maximum Gasteiger partial charge on any atom is 0.338 e. The number of aliphatic hydroxyl groups is 1. The highest BCUT2D eigenvalue weighted by Crippen LogP contribution is 2.39. The summed E-state index contributed by atoms with van der Waals surface area (Å²) < 4.78 is 8.65. The Labute approximate surface area is 230 Å². The molecule has 0 aliphatic carbocycles. The van der Waals surface area contributed by atoms with Gasteiger partial charge in [0, 0.05) is 30.6 Å². The Balaban J connectivity index is 1.74. The first-order valence-electron chi connectivity index (χ1n) is 12.5. The standard InChI is InChI=1S/C31H28ClN3O4/c1-19(2)39-30(37)20-8-10-22(11-9-20)31(38,28-17-33-18-34(28)3)23-12-13-27-26(15-23)25(16-29(36)35(27)4)21-6-5-7-24(32)14-21/h5-19,38H,1-4H3. The first kappa shape index (κ1) is 26.4. The Morgan fingerprint density at radius 2 is 1.72 bits per heavy atom. The van der Waals surface area contributed by atoms with Crippen LogP contribution in [0.15, 0.2) is 90.1 Å². The summed E-state index contributed by atoms with van der Waals surface area (Å²) in [4.78, 5) is 29.5. The summed E-state index contributed by atoms with van der Waals surface area (Å²) in [7, 11) is 3.53. The first-order valence-corrected chi connectivity index (χ1v) is 12.9. The zero-order valence-corrected chi connectivity index (χ0v) is 22.8. The van der Waals surface area contributed by atoms with E-state index in [1.54, 1.807) is 85.0 Å². The van der Waals surface area contributed by atoms with Crippen molar-refractivity contribution in [3.05, 3.63) is 123 Å². The molecule has 198 valence electrons. The van der Waals surface area contributed by atoms with Crippen LogP contribution in [0.1, 0.15) is 41.0 Å². The number of benzene rings is 3. The molecule has 5 aromatic rings. The summed E-state index contributed by atoms with van der Waals surface area (Å²) in [6.45, 7) is 3.58. The molecule has 0 aliphatic rings. The number of ether oxygens (including phenoxy) is 1. The van der Waals surface area contributed by atoms with Crippen LogP contribution in [0, 0.1) is 0 Å². The van der Waals surface area contributed by atoms with Gasteiger partial charge >= 0.3 is 5.97 Å². The number of hydrogen-bond acceptors (Lipinski definition) is 5. The number of halogens is 1. The molecule has 0 aliphatic heterocycles. The molecule has 1 unspecified atom stereocenters. The second-order valence-corrected chi connectivity index (χ2v) is 10.3. The molecule has 7 nitrogen and oxygen atoms in total. The monoisotopic (exact) mass is 541 g/mol. The van der Waals surface area contributed by atoms with Gasteiger partial charge in [0.25, 0.3) is 5.56 Å². The third-order valence-corrected chi connectivity index (χ3v) is 7.10. The van der Waals surface area contributed by atoms with Crippen molar-refractivity contribution in [2.75, 3.05) is 0 Å². The van der Waals surface area contributed by atoms with Crippen LogP contribution >= 0.6 is 11.6 Å². The average Bonchev–Trinajstić information content (AvgIpc) is 3.36. The summed E-state index contributed by atoms with van der Waals surface area (Å²) in [5.74, 6) is -0.432. The summed E-state index contributed by atoms with van der Waals surface area (Å²) in [6.07, 6.45) is 2.99. The number of aryl methyl sites for hydroxylation is 2. The Kier molecular flexibility index (Phi) is 6.89. The van der Waals surface area contributed by atoms with Crippen molar-refractivity contribution >= 4 is 28.5 Å². The fourth-order valence-electron chi connectivity index (χ4n) is 4.88. The second-order valence-electron chi connectivity index (χ2n) is 9.83. The van der Waals surface area contributed by atoms with E-state index in [1.807, 2.05) is 37.4 Å². The molecule has 3 aromatic carbocycles. The van der Waals surface area contributed by atoms with E-state index in [-0.39, 0.29) is 11.7 Å². The predicted molar refractivity (Wildman–Crippen MR) is 152 cm³/mol. The number of pyridine rings is 1. The zero-order valence-electron chi connectivity index (χ0n) is 22.1. The van der Waals surface area contributed by atoms with E-state index in [2.05, 4.69) is 4.98 Å². The molecule has 2 aromatic heterocycles. The Morgan fingerprint density at radius 3 is 2.36 bits per heavy atom. The number of rotatable bonds is 6. The largest absolute Gasteiger partial charge is 0.459 e. The van der Waals surface area contributed by atoms with Gasteiger partial charge in [-0.3, -0.25) is 4.79 Å². The number of carbonyl (C=O) groups is 1. The van der Waals surface area contributed by atoms with Crippen molar-refractivity contribution in [1.29, 1.82) is 0 Å². The molecule has 1 N–H and O–H groups in total. The number of fused-ring (bicyclic) bond motifs is 1. The van der Waals surface area contributed by atoms with Gasteiger partial charge in [-0.1, -0.05) is 41.9 Å². The number of nitrogens with zero attached hydrogens (tertiary/aromatic N) is 3. The van der Waals surface area contributed by atoms with Gasteiger partial charge in [-0.05, 0) is 72.5 Å². The van der Waals surface area contributed by atoms with E-state index in [4.69, 9.17) is 16.3 Å². The van der Waals surface area contributed by atoms with Gasteiger partial charge in [0.2, 0.25) is 0 Å². The molecule has 1 atom stereocenters. The summed E-state index contributed by atoms with van der Waals surface area (Å²) in [6, 6.07) is 21.1. The Hall–Kier alpha value is -4.20. The first-order chi connectivity index (χ1) is 18.6. The van der Waals surface area contributed by atoms with Crippen LogP contribution in [0.5, 0.6) is 0 Å². The molecule has 0 saturated carbocycles. The van der Waals surface area contributed by atoms with Gasteiger partial charge in [0.15, 0.2) is 5.60 Å². The Bertz CT molecular complexity index is 1750. The van der Waals surface area contributed by atoms with Gasteiger partial charge in [-0.25, -0.2) is 9.78 Å². The van der Waals surface area contributed by atoms with Gasteiger partial charge in [-0.2, -0.15) is 0 Å². The van der Waals surface area contributed by atoms with Gasteiger partial charge in [0.1, 0.15) is 0 Å². The van der Waals surface area contributed by atoms with E-state index in [9.17, 15) is 14.7 Å². The minimum absolute atomic E-state index is 0.156. The predicted octanol–water partition coefficient (Wildman–Crippen LogP) is 5.44. The molecular formula is C31H28ClN3O4. The smallest absolute Gasteiger partial charge is 0.338 e. The number of imidazole rings is 1. The topological polar surface area (TPSA) is 86.3 Å². The molecule has 39 heavy (non-hydrogen) atoms. The van der Waals surface area contributed by atoms with Crippen LogP contribution in [-0.2, 0) is 24.4 Å². The minimum Gasteiger partial charge on any atom is -0.459 e. The van der Waals surface area contributed by atoms with Crippen LogP contribution < -0.4 is 5.56 Å². The summed E-state index contributed by atoms with van der Waals surface area (Å²) in [5.41, 5.74) is 2.45. The van der Waals surface area contributed by atoms with Crippen LogP contribution in [0.4, 0.5) is 0 Å². The minimum atomic E-state index is -1.62. The fourth-order valence-corrected chi connectivity index (χ4v) is 5.07. The highest BCUT2D eigenvalue weighted by molar-refractivity contribution is 6.30. The van der Waals surface area contributed by atoms with Gasteiger partial charge in [-0.15, -0.1) is 0 Å². The molecule has 8 heteroatoms. The number of esters is 1. The number of carbonyl (C=O) groups excluding carboxylic acids is 1. The Morgan fingerprint density at radius 1 is 1.00 bits per heavy atom. The molecule has 0 fully saturated rings. The van der Waals surface area contributed by atoms with Crippen molar-refractivity contribution in [1.82, 2.24) is 14.1 Å². The van der Waals surface area contributed by atoms with Crippen LogP contribution in [0.25, 0.3) is 22.0 Å². The molecule has 0 spiro atoms. The third-order valence-electron chi connectivity index (χ3n) is 6.87. The van der Waals surface area contributed by atoms with Gasteiger partial charge < -0.3 is 19.0 Å². The molecule has 5 rings (SSSR count). The quantitative estimate of drug-likeness (QED) is 0.289. The van der Waals surface area contributed by atoms with Crippen molar-refractivity contribution in [3.63, 3.8) is 0 Å². The summed E-state index contributed by atoms with van der Waals surface area (Å²) in [5, 5.41) is 13.8. The van der Waals surface area contributed by atoms with Crippen molar-refractivity contribution < 1.29 is 14.6 Å². The molecule has 0 bridgehead atoms. The van der Waals surface area contributed by atoms with Crippen LogP contribution in [-0.4, -0.2) is 31.3 Å². The summed E-state index contributed by atoms with van der Waals surface area (Å²) >= 11 is 6.28. The average molecular weight is 542 g/mol. The van der Waals surface area contributed by atoms with Crippen molar-refractivity contribution in [2.24, 2.45) is 14.1 Å². The van der Waals surface area contributed by atoms with Crippen molar-refractivity contribution in [3.8, 4) is 11.1 Å². The maximum atomic E-state index is 12.8. The fraction of sp³-hybridized carbons (Fsp3) is 0.194. The molecule has 0 saturated heterocycles. The normalized spacial score (nSPS) is 13.0. The lowest BCUT2D eigenvalue weighted by molar-refractivity contribution is 0.0377. The molecule has 2 heterocycles. The number of hydrogen-bond donors (Lipinski definition) is 1. The molecule has 0 amide bonds. The lowest BCUT2D eigenvalue weighted by atomic mass is 9.82. The number of aromatic nitrogens is 3.